The van der Waals surface area contributed by atoms with Gasteiger partial charge in [-0.2, -0.15) is 0 Å². The summed E-state index contributed by atoms with van der Waals surface area (Å²) in [5.41, 5.74) is 4.62. The molecule has 3 aliphatic carbocycles. The number of ether oxygens (including phenoxy) is 1. The van der Waals surface area contributed by atoms with Gasteiger partial charge in [-0.25, -0.2) is 4.79 Å². The van der Waals surface area contributed by atoms with Gasteiger partial charge in [0.1, 0.15) is 6.04 Å². The average Bonchev–Trinajstić information content (AvgIpc) is 3.22. The molecule has 0 aromatic heterocycles. The number of rotatable bonds is 7. The lowest BCUT2D eigenvalue weighted by Gasteiger charge is -2.45. The van der Waals surface area contributed by atoms with Crippen LogP contribution in [-0.2, 0) is 23.9 Å². The zero-order chi connectivity index (χ0) is 29.0. The van der Waals surface area contributed by atoms with Crippen LogP contribution in [-0.4, -0.2) is 41.2 Å². The maximum absolute atomic E-state index is 14.1. The molecule has 3 aromatic rings. The number of esters is 1. The fourth-order valence-electron chi connectivity index (χ4n) is 6.76. The van der Waals surface area contributed by atoms with Gasteiger partial charge < -0.3 is 10.1 Å². The summed E-state index contributed by atoms with van der Waals surface area (Å²) >= 11 is 11.9. The van der Waals surface area contributed by atoms with Crippen LogP contribution in [0.15, 0.2) is 66.7 Å². The molecule has 3 atom stereocenters. The molecule has 3 amide bonds. The molecule has 0 saturated carbocycles. The molecule has 4 aliphatic rings. The number of nitrogens with one attached hydrogen (secondary N) is 1. The first-order valence-electron chi connectivity index (χ1n) is 13.6. The minimum absolute atomic E-state index is 0.0214. The van der Waals surface area contributed by atoms with Gasteiger partial charge >= 0.3 is 5.97 Å². The first-order chi connectivity index (χ1) is 19.7. The lowest BCUT2D eigenvalue weighted by atomic mass is 9.55. The number of anilines is 1. The van der Waals surface area contributed by atoms with Crippen molar-refractivity contribution in [2.75, 3.05) is 11.9 Å². The third-order valence-corrected chi connectivity index (χ3v) is 9.05. The van der Waals surface area contributed by atoms with Gasteiger partial charge in [0.2, 0.25) is 11.8 Å². The van der Waals surface area contributed by atoms with Crippen LogP contribution >= 0.6 is 23.2 Å². The third-order valence-electron chi connectivity index (χ3n) is 8.31. The molecule has 0 radical (unpaired) electrons. The average molecular weight is 591 g/mol. The van der Waals surface area contributed by atoms with Gasteiger partial charge in [-0.3, -0.25) is 19.3 Å². The summed E-state index contributed by atoms with van der Waals surface area (Å²) in [5, 5.41) is 3.21. The summed E-state index contributed by atoms with van der Waals surface area (Å²) in [4.78, 5) is 55.4. The third kappa shape index (κ3) is 4.61. The molecule has 0 unspecified atom stereocenters. The second-order valence-electron chi connectivity index (χ2n) is 11.2. The summed E-state index contributed by atoms with van der Waals surface area (Å²) in [5.74, 6) is -3.85. The van der Waals surface area contributed by atoms with Gasteiger partial charge in [-0.05, 0) is 52.8 Å². The number of nitrogens with zero attached hydrogens (tertiary/aromatic N) is 1. The fraction of sp³-hybridized carbons (Fsp3) is 0.312. The molecule has 1 fully saturated rings. The molecule has 1 saturated heterocycles. The molecule has 3 aromatic carbocycles. The summed E-state index contributed by atoms with van der Waals surface area (Å²) in [6.07, 6.45) is 0.222. The molecule has 1 N–H and O–H groups in total. The lowest BCUT2D eigenvalue weighted by molar-refractivity contribution is -0.160. The van der Waals surface area contributed by atoms with E-state index in [4.69, 9.17) is 27.9 Å². The fourth-order valence-corrected chi connectivity index (χ4v) is 7.06. The number of likely N-dealkylation sites (tertiary alicyclic amines) is 1. The van der Waals surface area contributed by atoms with Crippen molar-refractivity contribution in [2.45, 2.75) is 38.1 Å². The van der Waals surface area contributed by atoms with E-state index in [9.17, 15) is 19.2 Å². The van der Waals surface area contributed by atoms with Gasteiger partial charge in [-0.15, -0.1) is 0 Å². The van der Waals surface area contributed by atoms with Crippen molar-refractivity contribution in [3.63, 3.8) is 0 Å². The molecule has 41 heavy (non-hydrogen) atoms. The predicted molar refractivity (Wildman–Crippen MR) is 155 cm³/mol. The highest BCUT2D eigenvalue weighted by molar-refractivity contribution is 6.42. The van der Waals surface area contributed by atoms with E-state index in [1.54, 1.807) is 6.07 Å². The Labute approximate surface area is 247 Å². The van der Waals surface area contributed by atoms with Crippen LogP contribution in [0, 0.1) is 17.8 Å². The monoisotopic (exact) mass is 590 g/mol. The molecule has 210 valence electrons. The van der Waals surface area contributed by atoms with Gasteiger partial charge in [0.25, 0.3) is 5.91 Å². The van der Waals surface area contributed by atoms with Crippen LogP contribution < -0.4 is 5.32 Å². The topological polar surface area (TPSA) is 92.8 Å². The van der Waals surface area contributed by atoms with Crippen molar-refractivity contribution in [1.82, 2.24) is 4.90 Å². The maximum Gasteiger partial charge on any atom is 0.329 e. The van der Waals surface area contributed by atoms with Crippen molar-refractivity contribution in [3.8, 4) is 0 Å². The number of benzene rings is 3. The van der Waals surface area contributed by atoms with E-state index in [2.05, 4.69) is 5.32 Å². The second kappa shape index (κ2) is 10.6. The smallest absolute Gasteiger partial charge is 0.329 e. The van der Waals surface area contributed by atoms with E-state index in [0.29, 0.717) is 10.7 Å². The van der Waals surface area contributed by atoms with Gasteiger partial charge in [0.05, 0.1) is 21.9 Å². The molecular formula is C32H28Cl2N2O5. The van der Waals surface area contributed by atoms with Crippen molar-refractivity contribution < 1.29 is 23.9 Å². The highest BCUT2D eigenvalue weighted by Gasteiger charge is 2.63. The van der Waals surface area contributed by atoms with E-state index in [1.807, 2.05) is 62.4 Å². The van der Waals surface area contributed by atoms with Crippen LogP contribution in [0.3, 0.4) is 0 Å². The number of imide groups is 1. The summed E-state index contributed by atoms with van der Waals surface area (Å²) in [6, 6.07) is 19.4. The number of hydrogen-bond donors (Lipinski definition) is 1. The van der Waals surface area contributed by atoms with Gasteiger partial charge in [0, 0.05) is 17.5 Å². The zero-order valence-corrected chi connectivity index (χ0v) is 24.0. The normalized spacial score (nSPS) is 22.7. The Balaban J connectivity index is 1.26. The van der Waals surface area contributed by atoms with Crippen LogP contribution in [0.1, 0.15) is 54.4 Å². The Hall–Kier alpha value is -3.68. The molecule has 1 aliphatic heterocycles. The zero-order valence-electron chi connectivity index (χ0n) is 22.5. The first kappa shape index (κ1) is 27.5. The van der Waals surface area contributed by atoms with E-state index in [-0.39, 0.29) is 41.0 Å². The molecule has 0 spiro atoms. The summed E-state index contributed by atoms with van der Waals surface area (Å²) in [6.45, 7) is 3.23. The minimum atomic E-state index is -1.14. The van der Waals surface area contributed by atoms with Gasteiger partial charge in [0.15, 0.2) is 6.61 Å². The lowest BCUT2D eigenvalue weighted by Crippen LogP contribution is -2.47. The molecule has 7 rings (SSSR count). The Morgan fingerprint density at radius 3 is 1.80 bits per heavy atom. The van der Waals surface area contributed by atoms with E-state index in [1.165, 1.54) is 12.1 Å². The predicted octanol–water partition coefficient (Wildman–Crippen LogP) is 5.78. The molecular weight excluding hydrogens is 563 g/mol. The molecule has 1 heterocycles. The van der Waals surface area contributed by atoms with Gasteiger partial charge in [-0.1, -0.05) is 85.6 Å². The standard InChI is InChI=1S/C32H28Cl2N2O5/c1-16(2)13-24(32(40)41-15-25(37)35-17-11-12-22(33)23(34)14-17)36-30(38)28-26-18-7-3-4-8-19(18)27(29(28)31(36)39)21-10-6-5-9-20(21)26/h3-12,14,16,24,26-29H,13,15H2,1-2H3,(H,35,37)/t24-,26?,27?,28-,29+/m0/s1. The second-order valence-corrected chi connectivity index (χ2v) is 12.1. The number of hydrogen-bond acceptors (Lipinski definition) is 5. The van der Waals surface area contributed by atoms with Crippen LogP contribution in [0.4, 0.5) is 5.69 Å². The summed E-state index contributed by atoms with van der Waals surface area (Å²) in [7, 11) is 0. The minimum Gasteiger partial charge on any atom is -0.454 e. The largest absolute Gasteiger partial charge is 0.454 e. The summed E-state index contributed by atoms with van der Waals surface area (Å²) < 4.78 is 5.39. The Bertz CT molecular complexity index is 1470. The Morgan fingerprint density at radius 2 is 1.34 bits per heavy atom. The SMILES string of the molecule is CC(C)C[C@@H](C(=O)OCC(=O)Nc1ccc(Cl)c(Cl)c1)N1C(=O)[C@@H]2C3c4ccccc4C(c4ccccc43)[C@@H]2C1=O. The number of carbonyl (C=O) groups is 4. The van der Waals surface area contributed by atoms with Crippen LogP contribution in [0.2, 0.25) is 10.0 Å². The molecule has 9 heteroatoms. The number of halogens is 2. The Morgan fingerprint density at radius 1 is 0.829 bits per heavy atom. The highest BCUT2D eigenvalue weighted by Crippen LogP contribution is 2.61. The maximum atomic E-state index is 14.1. The van der Waals surface area contributed by atoms with Crippen molar-refractivity contribution in [3.05, 3.63) is 99.0 Å². The van der Waals surface area contributed by atoms with Crippen LogP contribution in [0.5, 0.6) is 0 Å². The van der Waals surface area contributed by atoms with E-state index < -0.39 is 36.4 Å². The molecule has 7 nitrogen and oxygen atoms in total. The van der Waals surface area contributed by atoms with Crippen molar-refractivity contribution >= 4 is 52.6 Å². The quantitative estimate of drug-likeness (QED) is 0.278. The first-order valence-corrected chi connectivity index (χ1v) is 14.4. The van der Waals surface area contributed by atoms with E-state index in [0.717, 1.165) is 27.2 Å². The number of carbonyl (C=O) groups excluding carboxylic acids is 4. The van der Waals surface area contributed by atoms with Crippen molar-refractivity contribution in [1.29, 1.82) is 0 Å². The highest BCUT2D eigenvalue weighted by atomic mass is 35.5. The van der Waals surface area contributed by atoms with E-state index >= 15 is 0 Å². The van der Waals surface area contributed by atoms with Crippen LogP contribution in [0.25, 0.3) is 0 Å². The Kier molecular flexibility index (Phi) is 7.12. The number of amides is 3. The van der Waals surface area contributed by atoms with Crippen molar-refractivity contribution in [2.24, 2.45) is 17.8 Å². The molecule has 2 bridgehead atoms.